The number of carbonyl (C=O) groups excluding carboxylic acids is 3. The minimum Gasteiger partial charge on any atom is -0.462 e. The van der Waals surface area contributed by atoms with E-state index in [-0.39, 0.29) is 31.1 Å². The third-order valence-corrected chi connectivity index (χ3v) is 14.2. The Morgan fingerprint density at radius 2 is 0.487 bits per heavy atom. The summed E-state index contributed by atoms with van der Waals surface area (Å²) >= 11 is 0. The second-order valence-electron chi connectivity index (χ2n) is 22.0. The molecule has 0 aliphatic carbocycles. The first-order chi connectivity index (χ1) is 39.5. The van der Waals surface area contributed by atoms with Crippen LogP contribution in [-0.4, -0.2) is 37.2 Å². The summed E-state index contributed by atoms with van der Waals surface area (Å²) in [6.45, 7) is 6.42. The molecule has 1 unspecified atom stereocenters. The van der Waals surface area contributed by atoms with Crippen molar-refractivity contribution in [3.63, 3.8) is 0 Å². The number of rotatable bonds is 60. The van der Waals surface area contributed by atoms with Gasteiger partial charge in [-0.3, -0.25) is 14.4 Å². The number of carbonyl (C=O) groups is 3. The maximum atomic E-state index is 12.9. The number of hydrogen-bond acceptors (Lipinski definition) is 6. The lowest BCUT2D eigenvalue weighted by Gasteiger charge is -2.18. The molecule has 0 saturated carbocycles. The zero-order valence-corrected chi connectivity index (χ0v) is 52.3. The highest BCUT2D eigenvalue weighted by Crippen LogP contribution is 2.17. The van der Waals surface area contributed by atoms with Crippen LogP contribution in [0.3, 0.4) is 0 Å². The normalized spacial score (nSPS) is 12.9. The average molecular weight is 1110 g/mol. The van der Waals surface area contributed by atoms with Crippen molar-refractivity contribution in [2.45, 2.75) is 316 Å². The summed E-state index contributed by atoms with van der Waals surface area (Å²) in [4.78, 5) is 38.4. The predicted octanol–water partition coefficient (Wildman–Crippen LogP) is 23.2. The van der Waals surface area contributed by atoms with Crippen LogP contribution in [0.5, 0.6) is 0 Å². The molecular formula is C74H124O6. The van der Waals surface area contributed by atoms with Crippen LogP contribution in [0.15, 0.2) is 122 Å². The van der Waals surface area contributed by atoms with Gasteiger partial charge in [0, 0.05) is 19.3 Å². The van der Waals surface area contributed by atoms with Crippen LogP contribution in [0.1, 0.15) is 310 Å². The van der Waals surface area contributed by atoms with E-state index in [0.717, 1.165) is 141 Å². The average Bonchev–Trinajstić information content (AvgIpc) is 3.46. The summed E-state index contributed by atoms with van der Waals surface area (Å²) in [7, 11) is 0. The van der Waals surface area contributed by atoms with Gasteiger partial charge in [-0.1, -0.05) is 303 Å². The molecule has 456 valence electrons. The summed E-state index contributed by atoms with van der Waals surface area (Å²) in [6, 6.07) is 0. The molecule has 0 fully saturated rings. The smallest absolute Gasteiger partial charge is 0.306 e. The molecule has 6 nitrogen and oxygen atoms in total. The van der Waals surface area contributed by atoms with Crippen LogP contribution in [0.4, 0.5) is 0 Å². The van der Waals surface area contributed by atoms with E-state index in [1.165, 1.54) is 128 Å². The Kier molecular flexibility index (Phi) is 63.8. The van der Waals surface area contributed by atoms with Gasteiger partial charge in [-0.15, -0.1) is 0 Å². The van der Waals surface area contributed by atoms with Crippen molar-refractivity contribution in [3.05, 3.63) is 122 Å². The molecule has 0 N–H and O–H groups in total. The summed E-state index contributed by atoms with van der Waals surface area (Å²) in [5, 5.41) is 0. The third-order valence-electron chi connectivity index (χ3n) is 14.2. The van der Waals surface area contributed by atoms with Crippen molar-refractivity contribution in [1.29, 1.82) is 0 Å². The first-order valence-electron chi connectivity index (χ1n) is 33.5. The highest BCUT2D eigenvalue weighted by atomic mass is 16.6. The molecule has 0 spiro atoms. The second-order valence-corrected chi connectivity index (χ2v) is 22.0. The van der Waals surface area contributed by atoms with Crippen LogP contribution in [0.25, 0.3) is 0 Å². The van der Waals surface area contributed by atoms with Gasteiger partial charge < -0.3 is 14.2 Å². The van der Waals surface area contributed by atoms with Gasteiger partial charge in [0.15, 0.2) is 6.10 Å². The molecule has 0 aromatic heterocycles. The first-order valence-corrected chi connectivity index (χ1v) is 33.5. The van der Waals surface area contributed by atoms with Crippen molar-refractivity contribution in [3.8, 4) is 0 Å². The van der Waals surface area contributed by atoms with Crippen molar-refractivity contribution in [2.75, 3.05) is 13.2 Å². The van der Waals surface area contributed by atoms with Crippen molar-refractivity contribution >= 4 is 17.9 Å². The molecule has 0 heterocycles. The van der Waals surface area contributed by atoms with Crippen molar-refractivity contribution < 1.29 is 28.6 Å². The lowest BCUT2D eigenvalue weighted by atomic mass is 10.0. The Morgan fingerprint density at radius 3 is 0.762 bits per heavy atom. The summed E-state index contributed by atoms with van der Waals surface area (Å²) < 4.78 is 17.0. The molecule has 0 saturated heterocycles. The van der Waals surface area contributed by atoms with Gasteiger partial charge in [0.05, 0.1) is 0 Å². The van der Waals surface area contributed by atoms with Gasteiger partial charge in [-0.05, 0) is 109 Å². The molecule has 0 aliphatic heterocycles. The largest absolute Gasteiger partial charge is 0.462 e. The van der Waals surface area contributed by atoms with Gasteiger partial charge in [0.25, 0.3) is 0 Å². The molecule has 0 aromatic carbocycles. The van der Waals surface area contributed by atoms with Gasteiger partial charge in [-0.25, -0.2) is 0 Å². The second kappa shape index (κ2) is 67.3. The maximum absolute atomic E-state index is 12.9. The Balaban J connectivity index is 4.45. The topological polar surface area (TPSA) is 78.9 Å². The van der Waals surface area contributed by atoms with Crippen LogP contribution in [0, 0.1) is 0 Å². The Labute approximate surface area is 494 Å². The summed E-state index contributed by atoms with van der Waals surface area (Å²) in [5.41, 5.74) is 0. The van der Waals surface area contributed by atoms with Crippen LogP contribution in [-0.2, 0) is 28.6 Å². The van der Waals surface area contributed by atoms with Crippen LogP contribution >= 0.6 is 0 Å². The molecule has 80 heavy (non-hydrogen) atoms. The fourth-order valence-electron chi connectivity index (χ4n) is 9.26. The van der Waals surface area contributed by atoms with E-state index in [2.05, 4.69) is 142 Å². The third kappa shape index (κ3) is 64.6. The fraction of sp³-hybridized carbons (Fsp3) is 0.689. The van der Waals surface area contributed by atoms with E-state index in [4.69, 9.17) is 14.2 Å². The molecule has 0 rings (SSSR count). The van der Waals surface area contributed by atoms with Crippen molar-refractivity contribution in [1.82, 2.24) is 0 Å². The molecule has 0 bridgehead atoms. The Hall–Kier alpha value is -4.19. The van der Waals surface area contributed by atoms with E-state index >= 15 is 0 Å². The van der Waals surface area contributed by atoms with Gasteiger partial charge in [0.1, 0.15) is 13.2 Å². The molecule has 0 amide bonds. The number of allylic oxidation sites excluding steroid dienone is 20. The quantitative estimate of drug-likeness (QED) is 0.0261. The molecule has 0 aliphatic rings. The van der Waals surface area contributed by atoms with Crippen LogP contribution in [0.2, 0.25) is 0 Å². The Bertz CT molecular complexity index is 1650. The standard InChI is InChI=1S/C74H124O6/c1-4-7-10-13-16-19-22-25-28-31-34-36-37-39-40-43-46-49-52-55-58-61-64-67-73(76)79-70-71(69-78-72(75)66-63-60-57-54-51-48-45-42-33-30-27-24-21-18-15-12-9-6-3)80-74(77)68-65-62-59-56-53-50-47-44-41-38-35-32-29-26-23-20-17-14-11-8-5-2/h7-8,10-11,16-17,19-20,25-26,28-29,34-36,38-40,46,49,71H,4-6,9,12-15,18,21-24,27,30-33,37,41-45,47-48,50-70H2,1-3H3/b10-7-,11-8-,19-16-,20-17-,28-25-,29-26-,36-34-,38-35-,40-39-,49-46-. The fourth-order valence-corrected chi connectivity index (χ4v) is 9.26. The Morgan fingerprint density at radius 1 is 0.263 bits per heavy atom. The van der Waals surface area contributed by atoms with E-state index in [1.54, 1.807) is 0 Å². The van der Waals surface area contributed by atoms with E-state index < -0.39 is 6.10 Å². The lowest BCUT2D eigenvalue weighted by molar-refractivity contribution is -0.167. The zero-order valence-electron chi connectivity index (χ0n) is 52.3. The SMILES string of the molecule is CC/C=C\C/C=C\C/C=C\C/C=C\C/C=C\C/C=C\CCCCCCC(=O)OCC(COC(=O)CCCCCCCCCCCCCCCCCCCC)OC(=O)CCCCCCCCCC/C=C\C/C=C\C/C=C\C/C=C\CC. The lowest BCUT2D eigenvalue weighted by Crippen LogP contribution is -2.30. The number of hydrogen-bond donors (Lipinski definition) is 0. The minimum absolute atomic E-state index is 0.0895. The number of esters is 3. The highest BCUT2D eigenvalue weighted by Gasteiger charge is 2.19. The highest BCUT2D eigenvalue weighted by molar-refractivity contribution is 5.71. The molecule has 1 atom stereocenters. The molecule has 0 aromatic rings. The van der Waals surface area contributed by atoms with Gasteiger partial charge >= 0.3 is 17.9 Å². The van der Waals surface area contributed by atoms with E-state index in [1.807, 2.05) is 0 Å². The molecule has 6 heteroatoms. The van der Waals surface area contributed by atoms with Gasteiger partial charge in [0.2, 0.25) is 0 Å². The first kappa shape index (κ1) is 75.8. The minimum atomic E-state index is -0.797. The number of unbranched alkanes of at least 4 members (excludes halogenated alkanes) is 29. The van der Waals surface area contributed by atoms with Crippen LogP contribution < -0.4 is 0 Å². The predicted molar refractivity (Wildman–Crippen MR) is 348 cm³/mol. The monoisotopic (exact) mass is 1110 g/mol. The van der Waals surface area contributed by atoms with E-state index in [0.29, 0.717) is 19.3 Å². The molecular weight excluding hydrogens is 985 g/mol. The van der Waals surface area contributed by atoms with Crippen molar-refractivity contribution in [2.24, 2.45) is 0 Å². The zero-order chi connectivity index (χ0) is 57.8. The maximum Gasteiger partial charge on any atom is 0.306 e. The summed E-state index contributed by atoms with van der Waals surface area (Å²) in [5.74, 6) is -0.913. The van der Waals surface area contributed by atoms with Gasteiger partial charge in [-0.2, -0.15) is 0 Å². The molecule has 0 radical (unpaired) electrons. The summed E-state index contributed by atoms with van der Waals surface area (Å²) in [6.07, 6.45) is 93.4. The van der Waals surface area contributed by atoms with E-state index in [9.17, 15) is 14.4 Å². The number of ether oxygens (including phenoxy) is 3.